The molecule has 0 bridgehead atoms. The van der Waals surface area contributed by atoms with E-state index in [9.17, 15) is 10.1 Å². The molecular weight excluding hydrogens is 498 g/mol. The van der Waals surface area contributed by atoms with Crippen molar-refractivity contribution in [1.82, 2.24) is 5.32 Å². The third-order valence-corrected chi connectivity index (χ3v) is 7.62. The van der Waals surface area contributed by atoms with Crippen LogP contribution in [0.15, 0.2) is 70.3 Å². The Morgan fingerprint density at radius 2 is 2.03 bits per heavy atom. The van der Waals surface area contributed by atoms with Gasteiger partial charge >= 0.3 is 0 Å². The zero-order chi connectivity index (χ0) is 26.3. The van der Waals surface area contributed by atoms with Gasteiger partial charge < -0.3 is 19.2 Å². The molecule has 0 atom stereocenters. The van der Waals surface area contributed by atoms with E-state index in [0.717, 1.165) is 42.4 Å². The molecule has 5 rings (SSSR count). The second-order valence-corrected chi connectivity index (χ2v) is 9.96. The maximum absolute atomic E-state index is 13.2. The number of amides is 1. The first-order chi connectivity index (χ1) is 18.7. The lowest BCUT2D eigenvalue weighted by atomic mass is 9.95. The summed E-state index contributed by atoms with van der Waals surface area (Å²) < 4.78 is 16.9. The smallest absolute Gasteiger partial charge is 0.255 e. The number of methoxy groups -OCH3 is 1. The van der Waals surface area contributed by atoms with Crippen molar-refractivity contribution in [3.05, 3.63) is 99.3 Å². The number of ether oxygens (including phenoxy) is 2. The van der Waals surface area contributed by atoms with E-state index in [-0.39, 0.29) is 12.5 Å². The van der Waals surface area contributed by atoms with Crippen LogP contribution in [0.3, 0.4) is 0 Å². The van der Waals surface area contributed by atoms with Crippen molar-refractivity contribution in [1.29, 1.82) is 5.26 Å². The van der Waals surface area contributed by atoms with E-state index in [1.165, 1.54) is 4.88 Å². The normalized spacial score (nSPS) is 12.6. The summed E-state index contributed by atoms with van der Waals surface area (Å²) in [6.45, 7) is 0.585. The van der Waals surface area contributed by atoms with Crippen molar-refractivity contribution in [2.45, 2.75) is 38.8 Å². The van der Waals surface area contributed by atoms with Crippen LogP contribution in [-0.2, 0) is 26.0 Å². The molecule has 2 aromatic heterocycles. The van der Waals surface area contributed by atoms with E-state index in [4.69, 9.17) is 18.9 Å². The van der Waals surface area contributed by atoms with Crippen molar-refractivity contribution in [2.24, 2.45) is 4.99 Å². The summed E-state index contributed by atoms with van der Waals surface area (Å²) in [6.07, 6.45) is 7.41. The molecule has 0 aliphatic heterocycles. The highest BCUT2D eigenvalue weighted by atomic mass is 32.1. The number of benzene rings is 2. The molecule has 0 unspecified atom stereocenters. The number of aliphatic imine (C=N–C) groups is 1. The topological polar surface area (TPSA) is 96.8 Å². The zero-order valence-corrected chi connectivity index (χ0v) is 21.8. The van der Waals surface area contributed by atoms with Crippen LogP contribution in [0, 0.1) is 11.3 Å². The number of furan rings is 1. The number of hydrogen-bond acceptors (Lipinski definition) is 7. The summed E-state index contributed by atoms with van der Waals surface area (Å²) in [4.78, 5) is 19.2. The number of nitrogens with zero attached hydrogens (tertiary/aromatic N) is 2. The highest BCUT2D eigenvalue weighted by Gasteiger charge is 2.25. The molecule has 0 fully saturated rings. The van der Waals surface area contributed by atoms with Gasteiger partial charge in [-0.15, -0.1) is 11.3 Å². The summed E-state index contributed by atoms with van der Waals surface area (Å²) >= 11 is 1.59. The second kappa shape index (κ2) is 11.8. The van der Waals surface area contributed by atoms with Crippen LogP contribution >= 0.6 is 11.3 Å². The van der Waals surface area contributed by atoms with E-state index in [2.05, 4.69) is 11.4 Å². The number of rotatable bonds is 9. The Hall–Kier alpha value is -4.35. The minimum atomic E-state index is -0.132. The van der Waals surface area contributed by atoms with E-state index in [1.54, 1.807) is 43.1 Å². The fourth-order valence-corrected chi connectivity index (χ4v) is 5.70. The van der Waals surface area contributed by atoms with Crippen molar-refractivity contribution in [3.8, 4) is 17.6 Å². The molecule has 0 saturated heterocycles. The van der Waals surface area contributed by atoms with Crippen LogP contribution in [0.4, 0.5) is 5.00 Å². The summed E-state index contributed by atoms with van der Waals surface area (Å²) in [6, 6.07) is 18.7. The number of carbonyl (C=O) groups is 1. The molecule has 0 radical (unpaired) electrons. The van der Waals surface area contributed by atoms with Gasteiger partial charge in [0.15, 0.2) is 11.5 Å². The van der Waals surface area contributed by atoms with Gasteiger partial charge in [-0.2, -0.15) is 5.26 Å². The van der Waals surface area contributed by atoms with Gasteiger partial charge in [-0.05, 0) is 73.2 Å². The van der Waals surface area contributed by atoms with Crippen LogP contribution in [0.2, 0.25) is 0 Å². The first-order valence-corrected chi connectivity index (χ1v) is 13.3. The Balaban J connectivity index is 1.35. The largest absolute Gasteiger partial charge is 0.493 e. The molecule has 4 aromatic rings. The molecule has 1 N–H and O–H groups in total. The minimum Gasteiger partial charge on any atom is -0.493 e. The second-order valence-electron chi connectivity index (χ2n) is 8.88. The molecular formula is C30H27N3O4S. The first kappa shape index (κ1) is 25.3. The number of carbonyl (C=O) groups excluding carboxylic acids is 1. The predicted octanol–water partition coefficient (Wildman–Crippen LogP) is 6.36. The number of nitriles is 1. The number of fused-ring (bicyclic) bond motifs is 1. The van der Waals surface area contributed by atoms with Crippen molar-refractivity contribution in [2.75, 3.05) is 7.11 Å². The van der Waals surface area contributed by atoms with Crippen molar-refractivity contribution < 1.29 is 18.7 Å². The summed E-state index contributed by atoms with van der Waals surface area (Å²) in [5, 5.41) is 13.0. The standard InChI is InChI=1S/C30H27N3O4S/c1-35-26-15-20(12-13-25(26)37-19-22-8-3-2-7-21(22)16-31)17-33-30-28(24-10-4-5-11-27(24)38-30)29(34)32-18-23-9-6-14-36-23/h2-3,6-9,12-15,17H,4-5,10-11,18-19H2,1H3,(H,32,34). The maximum atomic E-state index is 13.2. The van der Waals surface area contributed by atoms with E-state index in [1.807, 2.05) is 42.5 Å². The Morgan fingerprint density at radius 1 is 1.16 bits per heavy atom. The van der Waals surface area contributed by atoms with E-state index in [0.29, 0.717) is 39.9 Å². The predicted molar refractivity (Wildman–Crippen MR) is 147 cm³/mol. The van der Waals surface area contributed by atoms with Gasteiger partial charge in [0.25, 0.3) is 5.91 Å². The van der Waals surface area contributed by atoms with Crippen LogP contribution in [0.25, 0.3) is 0 Å². The number of thiophene rings is 1. The zero-order valence-electron chi connectivity index (χ0n) is 21.0. The highest BCUT2D eigenvalue weighted by molar-refractivity contribution is 7.16. The average Bonchev–Trinajstić information content (AvgIpc) is 3.62. The molecule has 2 aromatic carbocycles. The van der Waals surface area contributed by atoms with Crippen LogP contribution < -0.4 is 14.8 Å². The van der Waals surface area contributed by atoms with Crippen LogP contribution in [0.5, 0.6) is 11.5 Å². The molecule has 1 aliphatic carbocycles. The number of aryl methyl sites for hydroxylation is 1. The lowest BCUT2D eigenvalue weighted by Gasteiger charge is -2.12. The molecule has 38 heavy (non-hydrogen) atoms. The first-order valence-electron chi connectivity index (χ1n) is 12.4. The van der Waals surface area contributed by atoms with Crippen LogP contribution in [-0.4, -0.2) is 19.2 Å². The molecule has 0 spiro atoms. The molecule has 1 aliphatic rings. The molecule has 2 heterocycles. The number of hydrogen-bond donors (Lipinski definition) is 1. The van der Waals surface area contributed by atoms with Gasteiger partial charge in [-0.25, -0.2) is 4.99 Å². The average molecular weight is 526 g/mol. The number of nitrogens with one attached hydrogen (secondary N) is 1. The Bertz CT molecular complexity index is 1500. The lowest BCUT2D eigenvalue weighted by Crippen LogP contribution is -2.23. The van der Waals surface area contributed by atoms with E-state index < -0.39 is 0 Å². The minimum absolute atomic E-state index is 0.132. The fourth-order valence-electron chi connectivity index (χ4n) is 4.47. The molecule has 192 valence electrons. The Labute approximate surface area is 225 Å². The monoisotopic (exact) mass is 525 g/mol. The van der Waals surface area contributed by atoms with Crippen molar-refractivity contribution >= 4 is 28.5 Å². The maximum Gasteiger partial charge on any atom is 0.255 e. The Kier molecular flexibility index (Phi) is 7.86. The third-order valence-electron chi connectivity index (χ3n) is 6.42. The SMILES string of the molecule is COc1cc(C=Nc2sc3c(c2C(=O)NCc2ccco2)CCCC3)ccc1OCc1ccccc1C#N. The van der Waals surface area contributed by atoms with Crippen molar-refractivity contribution in [3.63, 3.8) is 0 Å². The van der Waals surface area contributed by atoms with Gasteiger partial charge in [0, 0.05) is 16.7 Å². The van der Waals surface area contributed by atoms with E-state index >= 15 is 0 Å². The molecule has 0 saturated carbocycles. The summed E-state index contributed by atoms with van der Waals surface area (Å²) in [7, 11) is 1.58. The Morgan fingerprint density at radius 3 is 2.84 bits per heavy atom. The fraction of sp³-hybridized carbons (Fsp3) is 0.233. The van der Waals surface area contributed by atoms with Crippen LogP contribution in [0.1, 0.15) is 56.1 Å². The van der Waals surface area contributed by atoms with Gasteiger partial charge in [0.2, 0.25) is 0 Å². The third kappa shape index (κ3) is 5.63. The van der Waals surface area contributed by atoms with Gasteiger partial charge in [0.1, 0.15) is 17.4 Å². The summed E-state index contributed by atoms with van der Waals surface area (Å²) in [5.74, 6) is 1.71. The summed E-state index contributed by atoms with van der Waals surface area (Å²) in [5.41, 5.74) is 3.99. The molecule has 1 amide bonds. The molecule has 8 heteroatoms. The highest BCUT2D eigenvalue weighted by Crippen LogP contribution is 2.40. The van der Waals surface area contributed by atoms with Gasteiger partial charge in [-0.1, -0.05) is 18.2 Å². The van der Waals surface area contributed by atoms with Gasteiger partial charge in [-0.3, -0.25) is 4.79 Å². The molecule has 7 nitrogen and oxygen atoms in total. The lowest BCUT2D eigenvalue weighted by molar-refractivity contribution is 0.0948. The van der Waals surface area contributed by atoms with Gasteiger partial charge in [0.05, 0.1) is 37.1 Å². The quantitative estimate of drug-likeness (QED) is 0.257.